The van der Waals surface area contributed by atoms with Crippen molar-refractivity contribution in [1.82, 2.24) is 9.97 Å². The zero-order chi connectivity index (χ0) is 13.3. The van der Waals surface area contributed by atoms with Crippen LogP contribution in [0.25, 0.3) is 0 Å². The van der Waals surface area contributed by atoms with Crippen molar-refractivity contribution >= 4 is 57.2 Å². The van der Waals surface area contributed by atoms with Crippen molar-refractivity contribution < 1.29 is 4.79 Å². The molecule has 18 heavy (non-hydrogen) atoms. The number of carbonyl (C=O) groups excluding carboxylic acids is 1. The molecule has 0 fully saturated rings. The van der Waals surface area contributed by atoms with Crippen molar-refractivity contribution in [3.8, 4) is 0 Å². The Bertz CT molecular complexity index is 614. The van der Waals surface area contributed by atoms with Gasteiger partial charge in [-0.05, 0) is 6.92 Å². The molecule has 1 N–H and O–H groups in total. The lowest BCUT2D eigenvalue weighted by molar-refractivity contribution is 0.102. The van der Waals surface area contributed by atoms with E-state index in [1.165, 1.54) is 17.5 Å². The van der Waals surface area contributed by atoms with Crippen molar-refractivity contribution in [2.24, 2.45) is 0 Å². The van der Waals surface area contributed by atoms with Crippen molar-refractivity contribution in [1.29, 1.82) is 0 Å². The largest absolute Gasteiger partial charge is 0.296 e. The molecule has 0 bridgehead atoms. The van der Waals surface area contributed by atoms with Gasteiger partial charge in [0.05, 0.1) is 15.1 Å². The van der Waals surface area contributed by atoms with Gasteiger partial charge in [-0.25, -0.2) is 9.97 Å². The molecule has 0 unspecified atom stereocenters. The first-order chi connectivity index (χ1) is 8.49. The Kier molecular flexibility index (Phi) is 4.07. The third kappa shape index (κ3) is 2.75. The SMILES string of the molecule is Cc1cnc(NC(=O)c2ncc(Cl)c(Cl)c2Cl)s1. The van der Waals surface area contributed by atoms with Crippen LogP contribution in [-0.2, 0) is 0 Å². The summed E-state index contributed by atoms with van der Waals surface area (Å²) in [7, 11) is 0. The number of carbonyl (C=O) groups is 1. The summed E-state index contributed by atoms with van der Waals surface area (Å²) in [4.78, 5) is 20.8. The molecule has 2 rings (SSSR count). The molecule has 0 atom stereocenters. The summed E-state index contributed by atoms with van der Waals surface area (Å²) in [6.45, 7) is 1.89. The van der Waals surface area contributed by atoms with Crippen LogP contribution in [0.1, 0.15) is 15.4 Å². The number of halogens is 3. The molecule has 2 heterocycles. The Morgan fingerprint density at radius 3 is 2.56 bits per heavy atom. The highest BCUT2D eigenvalue weighted by Gasteiger charge is 2.17. The van der Waals surface area contributed by atoms with Gasteiger partial charge in [0.15, 0.2) is 5.13 Å². The van der Waals surface area contributed by atoms with E-state index < -0.39 is 5.91 Å². The van der Waals surface area contributed by atoms with Gasteiger partial charge in [-0.15, -0.1) is 11.3 Å². The number of nitrogens with zero attached hydrogens (tertiary/aromatic N) is 2. The summed E-state index contributed by atoms with van der Waals surface area (Å²) in [6, 6.07) is 0. The predicted octanol–water partition coefficient (Wildman–Crippen LogP) is 4.06. The average molecular weight is 323 g/mol. The fourth-order valence-corrected chi connectivity index (χ4v) is 2.40. The molecule has 1 amide bonds. The number of hydrogen-bond acceptors (Lipinski definition) is 4. The number of pyridine rings is 1. The van der Waals surface area contributed by atoms with Crippen LogP contribution < -0.4 is 5.32 Å². The lowest BCUT2D eigenvalue weighted by Gasteiger charge is -2.05. The van der Waals surface area contributed by atoms with Gasteiger partial charge in [-0.3, -0.25) is 10.1 Å². The van der Waals surface area contributed by atoms with Gasteiger partial charge < -0.3 is 0 Å². The fraction of sp³-hybridized carbons (Fsp3) is 0.100. The van der Waals surface area contributed by atoms with Gasteiger partial charge in [-0.1, -0.05) is 34.8 Å². The summed E-state index contributed by atoms with van der Waals surface area (Å²) in [5.41, 5.74) is 0.0129. The number of thiazole rings is 1. The fourth-order valence-electron chi connectivity index (χ4n) is 1.17. The third-order valence-corrected chi connectivity index (χ3v) is 4.04. The molecule has 0 aromatic carbocycles. The minimum Gasteiger partial charge on any atom is -0.296 e. The molecule has 2 aromatic heterocycles. The first-order valence-corrected chi connectivity index (χ1v) is 6.67. The van der Waals surface area contributed by atoms with E-state index in [0.29, 0.717) is 5.13 Å². The summed E-state index contributed by atoms with van der Waals surface area (Å²) < 4.78 is 0. The Balaban J connectivity index is 2.27. The molecule has 0 radical (unpaired) electrons. The standard InChI is InChI=1S/C10H6Cl3N3OS/c1-4-2-15-10(18-4)16-9(17)8-7(13)6(12)5(11)3-14-8/h2-3H,1H3,(H,15,16,17). The zero-order valence-electron chi connectivity index (χ0n) is 9.00. The molecule has 94 valence electrons. The van der Waals surface area contributed by atoms with Gasteiger partial charge in [0.1, 0.15) is 5.69 Å². The van der Waals surface area contributed by atoms with E-state index in [4.69, 9.17) is 34.8 Å². The molecular weight excluding hydrogens is 317 g/mol. The van der Waals surface area contributed by atoms with Crippen LogP contribution in [0, 0.1) is 6.92 Å². The van der Waals surface area contributed by atoms with E-state index in [2.05, 4.69) is 15.3 Å². The van der Waals surface area contributed by atoms with Gasteiger partial charge in [0, 0.05) is 17.3 Å². The van der Waals surface area contributed by atoms with E-state index in [-0.39, 0.29) is 20.8 Å². The highest BCUT2D eigenvalue weighted by atomic mass is 35.5. The summed E-state index contributed by atoms with van der Waals surface area (Å²) >= 11 is 18.8. The van der Waals surface area contributed by atoms with E-state index in [0.717, 1.165) is 4.88 Å². The monoisotopic (exact) mass is 321 g/mol. The van der Waals surface area contributed by atoms with Gasteiger partial charge >= 0.3 is 0 Å². The molecule has 4 nitrogen and oxygen atoms in total. The number of hydrogen-bond donors (Lipinski definition) is 1. The number of amides is 1. The maximum Gasteiger partial charge on any atom is 0.277 e. The number of rotatable bonds is 2. The van der Waals surface area contributed by atoms with Crippen LogP contribution in [0.15, 0.2) is 12.4 Å². The minimum absolute atomic E-state index is 0.0129. The van der Waals surface area contributed by atoms with Crippen molar-refractivity contribution in [3.63, 3.8) is 0 Å². The molecule has 0 aliphatic rings. The second-order valence-corrected chi connectivity index (χ2v) is 5.71. The minimum atomic E-state index is -0.479. The number of nitrogens with one attached hydrogen (secondary N) is 1. The van der Waals surface area contributed by atoms with Gasteiger partial charge in [0.2, 0.25) is 0 Å². The van der Waals surface area contributed by atoms with Crippen molar-refractivity contribution in [2.75, 3.05) is 5.32 Å². The molecule has 0 aliphatic heterocycles. The van der Waals surface area contributed by atoms with Gasteiger partial charge in [-0.2, -0.15) is 0 Å². The van der Waals surface area contributed by atoms with Crippen LogP contribution in [0.3, 0.4) is 0 Å². The number of aromatic nitrogens is 2. The Morgan fingerprint density at radius 1 is 1.22 bits per heavy atom. The first-order valence-electron chi connectivity index (χ1n) is 4.72. The molecule has 0 saturated heterocycles. The van der Waals surface area contributed by atoms with Crippen LogP contribution >= 0.6 is 46.1 Å². The summed E-state index contributed by atoms with van der Waals surface area (Å²) in [5.74, 6) is -0.479. The van der Waals surface area contributed by atoms with Gasteiger partial charge in [0.25, 0.3) is 5.91 Å². The summed E-state index contributed by atoms with van der Waals surface area (Å²) in [5, 5.41) is 3.39. The van der Waals surface area contributed by atoms with Crippen molar-refractivity contribution in [3.05, 3.63) is 38.0 Å². The molecule has 2 aromatic rings. The summed E-state index contributed by atoms with van der Waals surface area (Å²) in [6.07, 6.45) is 2.93. The molecule has 0 saturated carbocycles. The molecule has 8 heteroatoms. The molecular formula is C10H6Cl3N3OS. The van der Waals surface area contributed by atoms with Crippen molar-refractivity contribution in [2.45, 2.75) is 6.92 Å². The van der Waals surface area contributed by atoms with E-state index >= 15 is 0 Å². The van der Waals surface area contributed by atoms with E-state index in [1.807, 2.05) is 6.92 Å². The predicted molar refractivity (Wildman–Crippen MR) is 74.1 cm³/mol. The van der Waals surface area contributed by atoms with Crippen LogP contribution in [0.4, 0.5) is 5.13 Å². The van der Waals surface area contributed by atoms with Crippen LogP contribution in [-0.4, -0.2) is 15.9 Å². The topological polar surface area (TPSA) is 54.9 Å². The maximum atomic E-state index is 11.9. The van der Waals surface area contributed by atoms with Crippen LogP contribution in [0.2, 0.25) is 15.1 Å². The molecule has 0 spiro atoms. The lowest BCUT2D eigenvalue weighted by Crippen LogP contribution is -2.14. The second-order valence-electron chi connectivity index (χ2n) is 3.31. The van der Waals surface area contributed by atoms with E-state index in [9.17, 15) is 4.79 Å². The maximum absolute atomic E-state index is 11.9. The third-order valence-electron chi connectivity index (χ3n) is 1.97. The number of anilines is 1. The number of aryl methyl sites for hydroxylation is 1. The quantitative estimate of drug-likeness (QED) is 0.907. The Hall–Kier alpha value is -0.880. The average Bonchev–Trinajstić information content (AvgIpc) is 2.71. The second kappa shape index (κ2) is 5.40. The molecule has 0 aliphatic carbocycles. The normalized spacial score (nSPS) is 10.4. The Labute approximate surface area is 122 Å². The smallest absolute Gasteiger partial charge is 0.277 e. The highest BCUT2D eigenvalue weighted by molar-refractivity contribution is 7.15. The van der Waals surface area contributed by atoms with E-state index in [1.54, 1.807) is 6.20 Å². The van der Waals surface area contributed by atoms with Crippen LogP contribution in [0.5, 0.6) is 0 Å². The first kappa shape index (κ1) is 13.5. The zero-order valence-corrected chi connectivity index (χ0v) is 12.1. The highest BCUT2D eigenvalue weighted by Crippen LogP contribution is 2.31. The lowest BCUT2D eigenvalue weighted by atomic mass is 10.3. The Morgan fingerprint density at radius 2 is 1.94 bits per heavy atom.